The third-order valence-electron chi connectivity index (χ3n) is 6.34. The summed E-state index contributed by atoms with van der Waals surface area (Å²) in [5, 5.41) is 15.7. The summed E-state index contributed by atoms with van der Waals surface area (Å²) in [5.41, 5.74) is 9.64. The average molecular weight is 477 g/mol. The number of aromatic nitrogens is 4. The van der Waals surface area contributed by atoms with Gasteiger partial charge in [-0.15, -0.1) is 5.10 Å². The van der Waals surface area contributed by atoms with Crippen LogP contribution in [0.2, 0.25) is 0 Å². The third-order valence-corrected chi connectivity index (χ3v) is 6.34. The summed E-state index contributed by atoms with van der Waals surface area (Å²) in [4.78, 5) is 11.4. The number of hydrogen-bond acceptors (Lipinski definition) is 10. The van der Waals surface area contributed by atoms with E-state index in [4.69, 9.17) is 25.0 Å². The number of nitrogen functional groups attached to an aromatic ring is 1. The van der Waals surface area contributed by atoms with Crippen LogP contribution in [0.3, 0.4) is 0 Å². The lowest BCUT2D eigenvalue weighted by atomic mass is 9.94. The molecular weight excluding hydrogens is 448 g/mol. The fourth-order valence-corrected chi connectivity index (χ4v) is 4.49. The van der Waals surface area contributed by atoms with Crippen LogP contribution in [0.5, 0.6) is 11.5 Å². The van der Waals surface area contributed by atoms with E-state index in [-0.39, 0.29) is 5.95 Å². The van der Waals surface area contributed by atoms with E-state index >= 15 is 0 Å². The molecule has 0 fully saturated rings. The van der Waals surface area contributed by atoms with Crippen molar-refractivity contribution in [2.45, 2.75) is 25.9 Å². The Morgan fingerprint density at radius 1 is 1.23 bits per heavy atom. The van der Waals surface area contributed by atoms with Crippen LogP contribution in [0.1, 0.15) is 23.6 Å². The number of ether oxygens (including phenoxy) is 2. The number of fused-ring (bicyclic) bond motifs is 2. The Balaban J connectivity index is 1.33. The van der Waals surface area contributed by atoms with E-state index in [1.54, 1.807) is 32.6 Å². The van der Waals surface area contributed by atoms with Crippen molar-refractivity contribution in [3.8, 4) is 23.1 Å². The second-order valence-corrected chi connectivity index (χ2v) is 8.45. The van der Waals surface area contributed by atoms with Gasteiger partial charge in [-0.05, 0) is 48.7 Å². The number of nitrogens with two attached hydrogens (primary N) is 1. The van der Waals surface area contributed by atoms with E-state index < -0.39 is 0 Å². The van der Waals surface area contributed by atoms with Crippen molar-refractivity contribution in [3.05, 3.63) is 47.2 Å². The average Bonchev–Trinajstić information content (AvgIpc) is 3.54. The minimum absolute atomic E-state index is 0.180. The summed E-state index contributed by atoms with van der Waals surface area (Å²) in [6.45, 7) is 4.43. The van der Waals surface area contributed by atoms with Crippen LogP contribution in [0, 0.1) is 5.41 Å². The predicted molar refractivity (Wildman–Crippen MR) is 132 cm³/mol. The third kappa shape index (κ3) is 4.14. The zero-order chi connectivity index (χ0) is 24.5. The molecule has 0 spiro atoms. The minimum Gasteiger partial charge on any atom is -0.493 e. The molecule has 11 heteroatoms. The van der Waals surface area contributed by atoms with Gasteiger partial charge in [0.1, 0.15) is 5.82 Å². The van der Waals surface area contributed by atoms with Crippen molar-refractivity contribution < 1.29 is 13.9 Å². The highest BCUT2D eigenvalue weighted by atomic mass is 16.5. The Kier molecular flexibility index (Phi) is 6.00. The maximum absolute atomic E-state index is 7.95. The summed E-state index contributed by atoms with van der Waals surface area (Å²) < 4.78 is 17.8. The lowest BCUT2D eigenvalue weighted by molar-refractivity contribution is 0.191. The Hall–Kier alpha value is -4.12. The predicted octanol–water partition coefficient (Wildman–Crippen LogP) is 2.84. The molecule has 1 aromatic carbocycles. The van der Waals surface area contributed by atoms with Crippen LogP contribution in [-0.2, 0) is 13.0 Å². The highest BCUT2D eigenvalue weighted by Gasteiger charge is 2.25. The number of nitrogens with zero attached hydrogens (tertiary/aromatic N) is 5. The summed E-state index contributed by atoms with van der Waals surface area (Å²) in [7, 11) is 3.31. The van der Waals surface area contributed by atoms with Gasteiger partial charge in [-0.2, -0.15) is 9.50 Å². The fourth-order valence-electron chi connectivity index (χ4n) is 4.49. The molecule has 0 amide bonds. The number of nitrogens with one attached hydrogen (secondary N) is 2. The van der Waals surface area contributed by atoms with E-state index in [9.17, 15) is 0 Å². The first-order chi connectivity index (χ1) is 17.0. The topological polar surface area (TPSA) is 140 Å². The molecule has 3 aromatic heterocycles. The van der Waals surface area contributed by atoms with Gasteiger partial charge in [0.15, 0.2) is 22.9 Å². The molecule has 1 aliphatic rings. The number of anilines is 2. The number of methoxy groups -OCH3 is 2. The lowest BCUT2D eigenvalue weighted by Gasteiger charge is -2.35. The molecule has 0 bridgehead atoms. The van der Waals surface area contributed by atoms with E-state index in [0.717, 1.165) is 31.0 Å². The standard InChI is InChI=1S/C24H28N8O3/c1-14-9-15-10-19(33-2)20(34-3)11-16(15)13-31(14)7-6-27-21-17(12-25)23-28-22(18-5-4-8-35-18)30-32(23)24(26)29-21/h4-5,8,10-12,14,25,27H,6-7,9,13H2,1-3H3,(H2,26,29). The van der Waals surface area contributed by atoms with Crippen molar-refractivity contribution in [2.75, 3.05) is 38.4 Å². The zero-order valence-corrected chi connectivity index (χ0v) is 19.9. The summed E-state index contributed by atoms with van der Waals surface area (Å²) in [5.74, 6) is 3.09. The van der Waals surface area contributed by atoms with Crippen molar-refractivity contribution >= 4 is 23.6 Å². The van der Waals surface area contributed by atoms with Crippen LogP contribution in [-0.4, -0.2) is 64.0 Å². The molecule has 0 radical (unpaired) electrons. The summed E-state index contributed by atoms with van der Waals surface area (Å²) in [6, 6.07) is 8.03. The number of furan rings is 1. The zero-order valence-electron chi connectivity index (χ0n) is 19.9. The molecule has 1 atom stereocenters. The van der Waals surface area contributed by atoms with Crippen molar-refractivity contribution in [3.63, 3.8) is 0 Å². The maximum Gasteiger partial charge on any atom is 0.225 e. The van der Waals surface area contributed by atoms with Crippen LogP contribution < -0.4 is 20.5 Å². The number of benzene rings is 1. The highest BCUT2D eigenvalue weighted by molar-refractivity contribution is 5.93. The second kappa shape index (κ2) is 9.26. The SMILES string of the molecule is COc1cc2c(cc1OC)CN(CCNc1nc(N)n3nc(-c4ccco4)nc3c1C=N)C(C)C2. The van der Waals surface area contributed by atoms with Gasteiger partial charge in [-0.25, -0.2) is 4.98 Å². The molecule has 0 aliphatic carbocycles. The molecular formula is C24H28N8O3. The minimum atomic E-state index is 0.180. The summed E-state index contributed by atoms with van der Waals surface area (Å²) >= 11 is 0. The van der Waals surface area contributed by atoms with Crippen LogP contribution in [0.25, 0.3) is 17.2 Å². The van der Waals surface area contributed by atoms with Crippen molar-refractivity contribution in [2.24, 2.45) is 0 Å². The largest absolute Gasteiger partial charge is 0.493 e. The van der Waals surface area contributed by atoms with Crippen LogP contribution in [0.4, 0.5) is 11.8 Å². The molecule has 11 nitrogen and oxygen atoms in total. The van der Waals surface area contributed by atoms with Gasteiger partial charge in [0, 0.05) is 31.9 Å². The fraction of sp³-hybridized carbons (Fsp3) is 0.333. The van der Waals surface area contributed by atoms with E-state index in [2.05, 4.69) is 44.3 Å². The normalized spacial score (nSPS) is 15.7. The first-order valence-corrected chi connectivity index (χ1v) is 11.3. The van der Waals surface area contributed by atoms with E-state index in [0.29, 0.717) is 41.2 Å². The highest BCUT2D eigenvalue weighted by Crippen LogP contribution is 2.34. The Bertz CT molecular complexity index is 1370. The molecule has 0 saturated carbocycles. The van der Waals surface area contributed by atoms with Crippen LogP contribution in [0.15, 0.2) is 34.9 Å². The van der Waals surface area contributed by atoms with Crippen molar-refractivity contribution in [1.82, 2.24) is 24.5 Å². The van der Waals surface area contributed by atoms with Crippen LogP contribution >= 0.6 is 0 Å². The molecule has 4 heterocycles. The molecule has 5 rings (SSSR count). The van der Waals surface area contributed by atoms with Gasteiger partial charge in [-0.3, -0.25) is 4.90 Å². The molecule has 4 N–H and O–H groups in total. The smallest absolute Gasteiger partial charge is 0.225 e. The lowest BCUT2D eigenvalue weighted by Crippen LogP contribution is -2.41. The quantitative estimate of drug-likeness (QED) is 0.327. The van der Waals surface area contributed by atoms with Crippen molar-refractivity contribution in [1.29, 1.82) is 5.41 Å². The van der Waals surface area contributed by atoms with Gasteiger partial charge in [0.05, 0.1) is 26.0 Å². The number of rotatable bonds is 8. The van der Waals surface area contributed by atoms with Gasteiger partial charge >= 0.3 is 0 Å². The molecule has 4 aromatic rings. The monoisotopic (exact) mass is 476 g/mol. The molecule has 35 heavy (non-hydrogen) atoms. The Morgan fingerprint density at radius 3 is 2.69 bits per heavy atom. The van der Waals surface area contributed by atoms with E-state index in [1.807, 2.05) is 0 Å². The summed E-state index contributed by atoms with van der Waals surface area (Å²) in [6.07, 6.45) is 3.69. The maximum atomic E-state index is 7.95. The van der Waals surface area contributed by atoms with E-state index in [1.165, 1.54) is 21.9 Å². The first kappa shape index (κ1) is 22.7. The molecule has 182 valence electrons. The molecule has 1 unspecified atom stereocenters. The molecule has 0 saturated heterocycles. The van der Waals surface area contributed by atoms with Gasteiger partial charge in [0.25, 0.3) is 0 Å². The van der Waals surface area contributed by atoms with Gasteiger partial charge in [-0.1, -0.05) is 0 Å². The Labute approximate surface area is 202 Å². The number of hydrogen-bond donors (Lipinski definition) is 3. The molecule has 1 aliphatic heterocycles. The van der Waals surface area contributed by atoms with Gasteiger partial charge in [0.2, 0.25) is 11.8 Å². The first-order valence-electron chi connectivity index (χ1n) is 11.3. The Morgan fingerprint density at radius 2 is 2.00 bits per heavy atom. The van der Waals surface area contributed by atoms with Gasteiger partial charge < -0.3 is 30.4 Å². The second-order valence-electron chi connectivity index (χ2n) is 8.45.